The Kier molecular flexibility index (Phi) is 6.90. The molecular formula is C28H34N6OS. The van der Waals surface area contributed by atoms with Gasteiger partial charge in [-0.15, -0.1) is 5.10 Å². The number of aromatic nitrogens is 3. The molecule has 2 aliphatic heterocycles. The monoisotopic (exact) mass is 502 g/mol. The molecule has 0 amide bonds. The van der Waals surface area contributed by atoms with E-state index >= 15 is 0 Å². The van der Waals surface area contributed by atoms with Gasteiger partial charge in [0.2, 0.25) is 0 Å². The Hall–Kier alpha value is -3.10. The minimum Gasteiger partial charge on any atom is -0.379 e. The van der Waals surface area contributed by atoms with E-state index in [2.05, 4.69) is 36.4 Å². The van der Waals surface area contributed by atoms with Crippen LogP contribution in [0, 0.1) is 0 Å². The number of likely N-dealkylation sites (N-methyl/N-ethyl adjacent to an activating group) is 1. The van der Waals surface area contributed by atoms with Crippen LogP contribution in [0.4, 0.5) is 0 Å². The molecule has 0 radical (unpaired) electrons. The van der Waals surface area contributed by atoms with E-state index < -0.39 is 5.60 Å². The largest absolute Gasteiger partial charge is 0.379 e. The van der Waals surface area contributed by atoms with Crippen molar-refractivity contribution in [3.05, 3.63) is 84.0 Å². The van der Waals surface area contributed by atoms with Crippen LogP contribution in [0.3, 0.4) is 0 Å². The standard InChI is InChI=1S/C28H34N6OS/c1-20-10-12-25(13-11-20)36-33-19-26(21(2)7-6-15-29-33)27-18-30-34(31-27)24-9-5-8-23(17-24)28(35)14-16-32(4)22(28)3/h5,8-10,15,17-19,25,35H,2-3,6-7,11-14,16H2,1,4H3/b26-19+,29-15-. The van der Waals surface area contributed by atoms with Crippen LogP contribution in [0.25, 0.3) is 11.3 Å². The maximum absolute atomic E-state index is 11.3. The lowest BCUT2D eigenvalue weighted by Gasteiger charge is -2.26. The fourth-order valence-corrected chi connectivity index (χ4v) is 5.87. The van der Waals surface area contributed by atoms with Crippen molar-refractivity contribution in [1.29, 1.82) is 0 Å². The Labute approximate surface area is 217 Å². The van der Waals surface area contributed by atoms with Crippen LogP contribution in [0.1, 0.15) is 56.7 Å². The molecule has 36 heavy (non-hydrogen) atoms. The van der Waals surface area contributed by atoms with Crippen molar-refractivity contribution >= 4 is 23.7 Å². The summed E-state index contributed by atoms with van der Waals surface area (Å²) in [5.41, 5.74) is 5.45. The SMILES string of the molecule is C=C1CC/C=N\N(SC2CC=C(C)CC2)/C=C\1c1cnn(-c2cccc(C3(O)CCN(C)C3=C)c2)n1. The third-order valence-corrected chi connectivity index (χ3v) is 8.45. The molecule has 188 valence electrons. The second kappa shape index (κ2) is 10.1. The first-order chi connectivity index (χ1) is 17.3. The zero-order valence-electron chi connectivity index (χ0n) is 21.1. The van der Waals surface area contributed by atoms with Crippen LogP contribution in [-0.2, 0) is 5.60 Å². The number of hydrazone groups is 1. The molecule has 3 aliphatic rings. The van der Waals surface area contributed by atoms with Gasteiger partial charge in [-0.1, -0.05) is 36.9 Å². The van der Waals surface area contributed by atoms with Gasteiger partial charge in [0.15, 0.2) is 0 Å². The maximum atomic E-state index is 11.3. The second-order valence-corrected chi connectivity index (χ2v) is 11.1. The second-order valence-electron chi connectivity index (χ2n) is 9.89. The van der Waals surface area contributed by atoms with Crippen molar-refractivity contribution in [2.45, 2.75) is 56.3 Å². The summed E-state index contributed by atoms with van der Waals surface area (Å²) < 4.78 is 1.97. The highest BCUT2D eigenvalue weighted by Crippen LogP contribution is 2.39. The average Bonchev–Trinajstić information content (AvgIpc) is 3.46. The maximum Gasteiger partial charge on any atom is 0.130 e. The molecule has 7 nitrogen and oxygen atoms in total. The molecule has 1 N–H and O–H groups in total. The van der Waals surface area contributed by atoms with Crippen molar-refractivity contribution in [3.63, 3.8) is 0 Å². The predicted octanol–water partition coefficient (Wildman–Crippen LogP) is 5.43. The summed E-state index contributed by atoms with van der Waals surface area (Å²) in [7, 11) is 1.96. The number of hydrogen-bond acceptors (Lipinski definition) is 7. The zero-order chi connectivity index (χ0) is 25.3. The Balaban J connectivity index is 1.41. The van der Waals surface area contributed by atoms with E-state index in [0.29, 0.717) is 17.4 Å². The molecule has 2 aromatic rings. The van der Waals surface area contributed by atoms with Gasteiger partial charge >= 0.3 is 0 Å². The lowest BCUT2D eigenvalue weighted by molar-refractivity contribution is 0.0814. The molecule has 8 heteroatoms. The molecule has 1 fully saturated rings. The highest BCUT2D eigenvalue weighted by molar-refractivity contribution is 7.97. The molecule has 0 spiro atoms. The van der Waals surface area contributed by atoms with Crippen LogP contribution in [0.15, 0.2) is 77.8 Å². The Morgan fingerprint density at radius 3 is 2.83 bits per heavy atom. The lowest BCUT2D eigenvalue weighted by atomic mass is 9.90. The molecule has 5 rings (SSSR count). The summed E-state index contributed by atoms with van der Waals surface area (Å²) >= 11 is 1.76. The summed E-state index contributed by atoms with van der Waals surface area (Å²) in [6.07, 6.45) is 13.8. The van der Waals surface area contributed by atoms with Crippen LogP contribution in [0.5, 0.6) is 0 Å². The molecular weight excluding hydrogens is 468 g/mol. The predicted molar refractivity (Wildman–Crippen MR) is 147 cm³/mol. The number of rotatable bonds is 5. The number of hydrogen-bond donors (Lipinski definition) is 1. The molecule has 2 unspecified atom stereocenters. The molecule has 1 saturated heterocycles. The summed E-state index contributed by atoms with van der Waals surface area (Å²) in [5.74, 6) is 0. The first kappa shape index (κ1) is 24.6. The molecule has 3 heterocycles. The van der Waals surface area contributed by atoms with Gasteiger partial charge in [-0.3, -0.25) is 0 Å². The van der Waals surface area contributed by atoms with E-state index in [4.69, 9.17) is 5.10 Å². The third kappa shape index (κ3) is 4.92. The first-order valence-corrected chi connectivity index (χ1v) is 13.4. The van der Waals surface area contributed by atoms with Crippen LogP contribution in [-0.4, -0.2) is 54.5 Å². The fourth-order valence-electron chi connectivity index (χ4n) is 4.88. The van der Waals surface area contributed by atoms with E-state index in [1.165, 1.54) is 5.57 Å². The van der Waals surface area contributed by atoms with Crippen molar-refractivity contribution in [2.24, 2.45) is 5.10 Å². The highest BCUT2D eigenvalue weighted by Gasteiger charge is 2.40. The normalized spacial score (nSPS) is 27.4. The quantitative estimate of drug-likeness (QED) is 0.434. The van der Waals surface area contributed by atoms with E-state index in [-0.39, 0.29) is 0 Å². The smallest absolute Gasteiger partial charge is 0.130 e. The van der Waals surface area contributed by atoms with Gasteiger partial charge in [0.1, 0.15) is 11.3 Å². The van der Waals surface area contributed by atoms with Crippen molar-refractivity contribution < 1.29 is 5.11 Å². The molecule has 2 atom stereocenters. The summed E-state index contributed by atoms with van der Waals surface area (Å²) in [6.45, 7) is 11.4. The topological polar surface area (TPSA) is 69.8 Å². The van der Waals surface area contributed by atoms with E-state index in [1.54, 1.807) is 22.9 Å². The summed E-state index contributed by atoms with van der Waals surface area (Å²) in [5, 5.41) is 25.9. The number of likely N-dealkylation sites (tertiary alicyclic amines) is 1. The minimum atomic E-state index is -1.07. The first-order valence-electron chi connectivity index (χ1n) is 12.5. The van der Waals surface area contributed by atoms with Gasteiger partial charge in [0.05, 0.1) is 11.9 Å². The Bertz CT molecular complexity index is 1260. The van der Waals surface area contributed by atoms with Crippen LogP contribution >= 0.6 is 11.9 Å². The van der Waals surface area contributed by atoms with E-state index in [0.717, 1.165) is 66.7 Å². The fraction of sp³-hybridized carbons (Fsp3) is 0.393. The Morgan fingerprint density at radius 1 is 1.22 bits per heavy atom. The number of aliphatic hydroxyl groups is 1. The van der Waals surface area contributed by atoms with Crippen molar-refractivity contribution in [2.75, 3.05) is 13.6 Å². The molecule has 0 bridgehead atoms. The van der Waals surface area contributed by atoms with Gasteiger partial charge in [0, 0.05) is 48.9 Å². The van der Waals surface area contributed by atoms with Crippen molar-refractivity contribution in [1.82, 2.24) is 24.3 Å². The van der Waals surface area contributed by atoms with Gasteiger partial charge in [-0.25, -0.2) is 4.41 Å². The average molecular weight is 503 g/mol. The summed E-state index contributed by atoms with van der Waals surface area (Å²) in [6, 6.07) is 7.76. The van der Waals surface area contributed by atoms with Crippen molar-refractivity contribution in [3.8, 4) is 5.69 Å². The van der Waals surface area contributed by atoms with Gasteiger partial charge in [0.25, 0.3) is 0 Å². The lowest BCUT2D eigenvalue weighted by Crippen LogP contribution is -2.26. The van der Waals surface area contributed by atoms with Gasteiger partial charge in [-0.2, -0.15) is 15.0 Å². The van der Waals surface area contributed by atoms with E-state index in [9.17, 15) is 5.11 Å². The zero-order valence-corrected chi connectivity index (χ0v) is 21.9. The molecule has 0 saturated carbocycles. The minimum absolute atomic E-state index is 0.504. The van der Waals surface area contributed by atoms with Crippen LogP contribution in [0.2, 0.25) is 0 Å². The van der Waals surface area contributed by atoms with Gasteiger partial charge in [-0.05, 0) is 74.2 Å². The Morgan fingerprint density at radius 2 is 2.08 bits per heavy atom. The van der Waals surface area contributed by atoms with E-state index in [1.807, 2.05) is 53.0 Å². The molecule has 1 aliphatic carbocycles. The highest BCUT2D eigenvalue weighted by atomic mass is 32.2. The molecule has 1 aromatic heterocycles. The third-order valence-electron chi connectivity index (χ3n) is 7.31. The number of benzene rings is 1. The summed E-state index contributed by atoms with van der Waals surface area (Å²) in [4.78, 5) is 3.62. The van der Waals surface area contributed by atoms with Gasteiger partial charge < -0.3 is 10.0 Å². The number of nitrogens with zero attached hydrogens (tertiary/aromatic N) is 6. The van der Waals surface area contributed by atoms with Crippen LogP contribution < -0.4 is 0 Å². The number of allylic oxidation sites excluding steroid dienone is 4. The molecule has 1 aromatic carbocycles.